The molecule has 33 heavy (non-hydrogen) atoms. The van der Waals surface area contributed by atoms with E-state index in [1.807, 2.05) is 68.5 Å². The topological polar surface area (TPSA) is 96.5 Å². The number of amidine groups is 1. The number of aliphatic imine (C=N–C) groups is 1. The summed E-state index contributed by atoms with van der Waals surface area (Å²) in [5.74, 6) is 1.65. The molecule has 0 radical (unpaired) electrons. The van der Waals surface area contributed by atoms with Gasteiger partial charge in [-0.05, 0) is 74.5 Å². The van der Waals surface area contributed by atoms with E-state index in [4.69, 9.17) is 10.7 Å². The molecule has 1 aliphatic rings. The van der Waals surface area contributed by atoms with Crippen LogP contribution in [0.1, 0.15) is 29.3 Å². The van der Waals surface area contributed by atoms with E-state index in [0.29, 0.717) is 22.4 Å². The summed E-state index contributed by atoms with van der Waals surface area (Å²) >= 11 is 1.44. The van der Waals surface area contributed by atoms with E-state index < -0.39 is 0 Å². The van der Waals surface area contributed by atoms with Crippen molar-refractivity contribution in [3.63, 3.8) is 0 Å². The normalized spacial score (nSPS) is 13.8. The molecule has 0 spiro atoms. The van der Waals surface area contributed by atoms with Gasteiger partial charge in [0.05, 0.1) is 0 Å². The standard InChI is InChI=1S/C25H26N6OS/c1-3-6-21(26)28-22-16-23(31-13-5-14-31)30-25(29-22)33-20-11-9-19(10-12-20)27-24(32)18-8-4-7-17(2)15-18/h3-4,6-12,15-16H,5,13-14H2,1-2H3,(H,27,32)(H2,26,28,29,30)/b6-3+. The van der Waals surface area contributed by atoms with Gasteiger partial charge in [-0.25, -0.2) is 15.0 Å². The molecule has 168 valence electrons. The van der Waals surface area contributed by atoms with Crippen LogP contribution in [-0.4, -0.2) is 34.8 Å². The molecule has 0 bridgehead atoms. The Morgan fingerprint density at radius 1 is 1.15 bits per heavy atom. The van der Waals surface area contributed by atoms with Crippen molar-refractivity contribution in [3.05, 3.63) is 77.9 Å². The fraction of sp³-hybridized carbons (Fsp3) is 0.200. The highest BCUT2D eigenvalue weighted by molar-refractivity contribution is 7.99. The second kappa shape index (κ2) is 10.3. The van der Waals surface area contributed by atoms with Crippen molar-refractivity contribution in [2.75, 3.05) is 23.3 Å². The maximum absolute atomic E-state index is 12.5. The molecular formula is C25H26N6OS. The molecule has 1 aromatic heterocycles. The number of amides is 1. The molecular weight excluding hydrogens is 432 g/mol. The zero-order chi connectivity index (χ0) is 23.2. The number of hydrogen-bond acceptors (Lipinski definition) is 6. The minimum atomic E-state index is -0.133. The van der Waals surface area contributed by atoms with E-state index >= 15 is 0 Å². The van der Waals surface area contributed by atoms with Crippen LogP contribution in [0.15, 0.2) is 81.8 Å². The number of nitrogens with zero attached hydrogens (tertiary/aromatic N) is 4. The highest BCUT2D eigenvalue weighted by Gasteiger charge is 2.18. The summed E-state index contributed by atoms with van der Waals surface area (Å²) in [6, 6.07) is 17.0. The molecule has 1 amide bonds. The van der Waals surface area contributed by atoms with Gasteiger partial charge >= 0.3 is 0 Å². The second-order valence-electron chi connectivity index (χ2n) is 7.69. The number of nitrogens with two attached hydrogens (primary N) is 1. The Kier molecular flexibility index (Phi) is 7.04. The second-order valence-corrected chi connectivity index (χ2v) is 8.73. The lowest BCUT2D eigenvalue weighted by atomic mass is 10.1. The fourth-order valence-corrected chi connectivity index (χ4v) is 4.01. The van der Waals surface area contributed by atoms with E-state index in [1.165, 1.54) is 11.8 Å². The lowest BCUT2D eigenvalue weighted by Crippen LogP contribution is -2.37. The number of nitrogens with one attached hydrogen (secondary N) is 1. The van der Waals surface area contributed by atoms with Crippen LogP contribution in [0.4, 0.5) is 17.3 Å². The summed E-state index contributed by atoms with van der Waals surface area (Å²) in [6.07, 6.45) is 4.73. The summed E-state index contributed by atoms with van der Waals surface area (Å²) in [5, 5.41) is 3.53. The summed E-state index contributed by atoms with van der Waals surface area (Å²) in [5.41, 5.74) is 8.35. The molecule has 0 unspecified atom stereocenters. The summed E-state index contributed by atoms with van der Waals surface area (Å²) in [6.45, 7) is 5.81. The number of aromatic nitrogens is 2. The van der Waals surface area contributed by atoms with Gasteiger partial charge in [0.25, 0.3) is 5.91 Å². The van der Waals surface area contributed by atoms with Gasteiger partial charge in [0, 0.05) is 35.3 Å². The molecule has 2 aromatic carbocycles. The van der Waals surface area contributed by atoms with Crippen LogP contribution in [0.5, 0.6) is 0 Å². The Labute approximate surface area is 197 Å². The molecule has 3 aromatic rings. The van der Waals surface area contributed by atoms with Crippen LogP contribution < -0.4 is 16.0 Å². The van der Waals surface area contributed by atoms with Crippen molar-refractivity contribution < 1.29 is 4.79 Å². The summed E-state index contributed by atoms with van der Waals surface area (Å²) < 4.78 is 0. The molecule has 7 nitrogen and oxygen atoms in total. The minimum Gasteiger partial charge on any atom is -0.384 e. The summed E-state index contributed by atoms with van der Waals surface area (Å²) in [7, 11) is 0. The number of allylic oxidation sites excluding steroid dienone is 1. The van der Waals surface area contributed by atoms with Crippen LogP contribution in [-0.2, 0) is 0 Å². The van der Waals surface area contributed by atoms with Crippen LogP contribution in [0.25, 0.3) is 0 Å². The molecule has 0 saturated carbocycles. The van der Waals surface area contributed by atoms with Gasteiger partial charge in [-0.15, -0.1) is 0 Å². The predicted molar refractivity (Wildman–Crippen MR) is 135 cm³/mol. The van der Waals surface area contributed by atoms with E-state index in [2.05, 4.69) is 20.2 Å². The Bertz CT molecular complexity index is 1200. The van der Waals surface area contributed by atoms with Crippen LogP contribution in [0.3, 0.4) is 0 Å². The van der Waals surface area contributed by atoms with Crippen LogP contribution in [0.2, 0.25) is 0 Å². The molecule has 0 aliphatic carbocycles. The average molecular weight is 459 g/mol. The third kappa shape index (κ3) is 5.98. The first-order valence-corrected chi connectivity index (χ1v) is 11.6. The molecule has 8 heteroatoms. The first kappa shape index (κ1) is 22.5. The number of hydrogen-bond donors (Lipinski definition) is 2. The van der Waals surface area contributed by atoms with E-state index in [1.54, 1.807) is 12.1 Å². The van der Waals surface area contributed by atoms with Crippen molar-refractivity contribution in [2.24, 2.45) is 10.7 Å². The number of rotatable bonds is 7. The van der Waals surface area contributed by atoms with E-state index in [9.17, 15) is 4.79 Å². The van der Waals surface area contributed by atoms with Crippen LogP contribution >= 0.6 is 11.8 Å². The van der Waals surface area contributed by atoms with Crippen molar-refractivity contribution in [3.8, 4) is 0 Å². The Morgan fingerprint density at radius 3 is 2.61 bits per heavy atom. The maximum Gasteiger partial charge on any atom is 0.255 e. The average Bonchev–Trinajstić information content (AvgIpc) is 2.74. The highest BCUT2D eigenvalue weighted by atomic mass is 32.2. The van der Waals surface area contributed by atoms with Gasteiger partial charge in [0.15, 0.2) is 11.0 Å². The van der Waals surface area contributed by atoms with Gasteiger partial charge in [-0.2, -0.15) is 0 Å². The Hall–Kier alpha value is -3.65. The molecule has 2 heterocycles. The van der Waals surface area contributed by atoms with Crippen molar-refractivity contribution >= 4 is 40.8 Å². The highest BCUT2D eigenvalue weighted by Crippen LogP contribution is 2.31. The number of anilines is 2. The number of carbonyl (C=O) groups is 1. The number of benzene rings is 2. The third-order valence-corrected chi connectivity index (χ3v) is 5.91. The monoisotopic (exact) mass is 458 g/mol. The Balaban J connectivity index is 1.50. The van der Waals surface area contributed by atoms with Gasteiger partial charge in [0.1, 0.15) is 11.7 Å². The molecule has 0 atom stereocenters. The SMILES string of the molecule is C/C=C/C(N)=N\c1cc(N2CCC2)nc(Sc2ccc(NC(=O)c3cccc(C)c3)cc2)n1. The number of carbonyl (C=O) groups excluding carboxylic acids is 1. The smallest absolute Gasteiger partial charge is 0.255 e. The van der Waals surface area contributed by atoms with Gasteiger partial charge in [0.2, 0.25) is 0 Å². The molecule has 3 N–H and O–H groups in total. The molecule has 1 saturated heterocycles. The third-order valence-electron chi connectivity index (χ3n) is 5.04. The first-order valence-electron chi connectivity index (χ1n) is 10.8. The predicted octanol–water partition coefficient (Wildman–Crippen LogP) is 4.96. The zero-order valence-corrected chi connectivity index (χ0v) is 19.5. The summed E-state index contributed by atoms with van der Waals surface area (Å²) in [4.78, 5) is 29.3. The zero-order valence-electron chi connectivity index (χ0n) is 18.7. The van der Waals surface area contributed by atoms with Crippen molar-refractivity contribution in [1.29, 1.82) is 0 Å². The van der Waals surface area contributed by atoms with Crippen molar-refractivity contribution in [1.82, 2.24) is 9.97 Å². The van der Waals surface area contributed by atoms with Gasteiger partial charge < -0.3 is 16.0 Å². The maximum atomic E-state index is 12.5. The quantitative estimate of drug-likeness (QED) is 0.295. The van der Waals surface area contributed by atoms with Crippen LogP contribution in [0, 0.1) is 6.92 Å². The number of aryl methyl sites for hydroxylation is 1. The van der Waals surface area contributed by atoms with E-state index in [0.717, 1.165) is 41.5 Å². The molecule has 4 rings (SSSR count). The first-order chi connectivity index (χ1) is 16.0. The minimum absolute atomic E-state index is 0.133. The lowest BCUT2D eigenvalue weighted by molar-refractivity contribution is 0.102. The lowest BCUT2D eigenvalue weighted by Gasteiger charge is -2.32. The van der Waals surface area contributed by atoms with E-state index in [-0.39, 0.29) is 5.91 Å². The van der Waals surface area contributed by atoms with Crippen molar-refractivity contribution in [2.45, 2.75) is 30.3 Å². The van der Waals surface area contributed by atoms with Gasteiger partial charge in [-0.3, -0.25) is 4.79 Å². The Morgan fingerprint density at radius 2 is 1.94 bits per heavy atom. The molecule has 1 fully saturated rings. The largest absolute Gasteiger partial charge is 0.384 e. The van der Waals surface area contributed by atoms with Gasteiger partial charge in [-0.1, -0.05) is 23.8 Å². The fourth-order valence-electron chi connectivity index (χ4n) is 3.25. The molecule has 1 aliphatic heterocycles.